The fourth-order valence-electron chi connectivity index (χ4n) is 2.69. The zero-order chi connectivity index (χ0) is 15.2. The molecule has 2 aliphatic rings. The second-order valence-electron chi connectivity index (χ2n) is 5.23. The molecule has 0 saturated carbocycles. The summed E-state index contributed by atoms with van der Waals surface area (Å²) in [7, 11) is 0. The van der Waals surface area contributed by atoms with Crippen LogP contribution in [0.4, 0.5) is 4.39 Å². The summed E-state index contributed by atoms with van der Waals surface area (Å²) in [5.74, 6) is -0.139. The molecule has 1 heterocycles. The Bertz CT molecular complexity index is 581. The summed E-state index contributed by atoms with van der Waals surface area (Å²) in [5.41, 5.74) is 4.71. The number of dihydropyridines is 1. The van der Waals surface area contributed by atoms with Gasteiger partial charge < -0.3 is 5.32 Å². The van der Waals surface area contributed by atoms with Crippen LogP contribution in [-0.2, 0) is 6.42 Å². The maximum atomic E-state index is 13.4. The number of aryl methyl sites for hydroxylation is 1. The van der Waals surface area contributed by atoms with Gasteiger partial charge in [0, 0.05) is 12.2 Å². The SMILES string of the molecule is CC.CC1C=CC(C2=CCCCc3cc(F)ccc32)=CN1. The van der Waals surface area contributed by atoms with E-state index in [0.29, 0.717) is 6.04 Å². The van der Waals surface area contributed by atoms with Gasteiger partial charge in [-0.3, -0.25) is 0 Å². The Morgan fingerprint density at radius 1 is 1.24 bits per heavy atom. The summed E-state index contributed by atoms with van der Waals surface area (Å²) >= 11 is 0. The predicted molar refractivity (Wildman–Crippen MR) is 88.5 cm³/mol. The molecule has 0 spiro atoms. The monoisotopic (exact) mass is 285 g/mol. The third kappa shape index (κ3) is 3.63. The number of hydrogen-bond donors (Lipinski definition) is 1. The van der Waals surface area contributed by atoms with Crippen molar-refractivity contribution in [3.63, 3.8) is 0 Å². The highest BCUT2D eigenvalue weighted by Crippen LogP contribution is 2.32. The summed E-state index contributed by atoms with van der Waals surface area (Å²) in [6.45, 7) is 6.12. The predicted octanol–water partition coefficient (Wildman–Crippen LogP) is 5.00. The van der Waals surface area contributed by atoms with Gasteiger partial charge in [0.1, 0.15) is 5.82 Å². The lowest BCUT2D eigenvalue weighted by atomic mass is 9.92. The maximum Gasteiger partial charge on any atom is 0.123 e. The molecule has 1 N–H and O–H groups in total. The van der Waals surface area contributed by atoms with Crippen molar-refractivity contribution in [3.05, 3.63) is 65.1 Å². The lowest BCUT2D eigenvalue weighted by Crippen LogP contribution is -2.21. The molecule has 21 heavy (non-hydrogen) atoms. The number of rotatable bonds is 1. The van der Waals surface area contributed by atoms with Crippen LogP contribution in [0.25, 0.3) is 5.57 Å². The Morgan fingerprint density at radius 2 is 2.05 bits per heavy atom. The average Bonchev–Trinajstić information content (AvgIpc) is 2.72. The van der Waals surface area contributed by atoms with Gasteiger partial charge in [-0.2, -0.15) is 0 Å². The minimum absolute atomic E-state index is 0.139. The van der Waals surface area contributed by atoms with E-state index in [-0.39, 0.29) is 5.82 Å². The minimum atomic E-state index is -0.139. The van der Waals surface area contributed by atoms with E-state index in [2.05, 4.69) is 36.7 Å². The van der Waals surface area contributed by atoms with Crippen molar-refractivity contribution >= 4 is 5.57 Å². The van der Waals surface area contributed by atoms with Gasteiger partial charge in [-0.1, -0.05) is 38.1 Å². The van der Waals surface area contributed by atoms with Crippen LogP contribution in [0, 0.1) is 5.82 Å². The third-order valence-corrected chi connectivity index (χ3v) is 3.73. The van der Waals surface area contributed by atoms with Gasteiger partial charge in [0.05, 0.1) is 0 Å². The number of allylic oxidation sites excluding steroid dienone is 4. The van der Waals surface area contributed by atoms with Crippen LogP contribution >= 0.6 is 0 Å². The molecule has 3 rings (SSSR count). The van der Waals surface area contributed by atoms with Crippen molar-refractivity contribution in [1.82, 2.24) is 5.32 Å². The van der Waals surface area contributed by atoms with Gasteiger partial charge in [-0.05, 0) is 60.6 Å². The molecule has 1 unspecified atom stereocenters. The van der Waals surface area contributed by atoms with E-state index in [9.17, 15) is 4.39 Å². The highest BCUT2D eigenvalue weighted by atomic mass is 19.1. The van der Waals surface area contributed by atoms with Crippen molar-refractivity contribution in [2.75, 3.05) is 0 Å². The summed E-state index contributed by atoms with van der Waals surface area (Å²) in [6.07, 6.45) is 11.7. The average molecular weight is 285 g/mol. The highest BCUT2D eigenvalue weighted by molar-refractivity contribution is 5.83. The molecule has 1 nitrogen and oxygen atoms in total. The van der Waals surface area contributed by atoms with E-state index >= 15 is 0 Å². The molecule has 1 aromatic carbocycles. The number of benzene rings is 1. The van der Waals surface area contributed by atoms with Crippen LogP contribution in [0.3, 0.4) is 0 Å². The molecule has 0 radical (unpaired) electrons. The zero-order valence-electron chi connectivity index (χ0n) is 13.1. The normalized spacial score (nSPS) is 20.1. The molecule has 0 fully saturated rings. The zero-order valence-corrected chi connectivity index (χ0v) is 13.1. The molecule has 0 saturated heterocycles. The van der Waals surface area contributed by atoms with Crippen molar-refractivity contribution in [1.29, 1.82) is 0 Å². The number of halogens is 1. The molecule has 1 aromatic rings. The topological polar surface area (TPSA) is 12.0 Å². The standard InChI is InChI=1S/C17H18FN.C2H6/c1-12-6-7-14(11-19-12)16-5-3-2-4-13-10-15(18)8-9-17(13)16;1-2/h5-12,19H,2-4H2,1H3;1-2H3. The summed E-state index contributed by atoms with van der Waals surface area (Å²) in [4.78, 5) is 0. The second kappa shape index (κ2) is 7.26. The highest BCUT2D eigenvalue weighted by Gasteiger charge is 2.15. The molecule has 1 aliphatic carbocycles. The minimum Gasteiger partial charge on any atom is -0.384 e. The summed E-state index contributed by atoms with van der Waals surface area (Å²) in [6, 6.07) is 5.52. The first-order valence-electron chi connectivity index (χ1n) is 7.88. The molecular weight excluding hydrogens is 261 g/mol. The van der Waals surface area contributed by atoms with Crippen molar-refractivity contribution in [2.24, 2.45) is 0 Å². The van der Waals surface area contributed by atoms with E-state index < -0.39 is 0 Å². The molecule has 1 atom stereocenters. The maximum absolute atomic E-state index is 13.4. The summed E-state index contributed by atoms with van der Waals surface area (Å²) < 4.78 is 13.4. The first-order chi connectivity index (χ1) is 10.2. The van der Waals surface area contributed by atoms with Gasteiger partial charge in [0.25, 0.3) is 0 Å². The lowest BCUT2D eigenvalue weighted by Gasteiger charge is -2.18. The molecular formula is C19H24FN. The number of fused-ring (bicyclic) bond motifs is 1. The number of hydrogen-bond acceptors (Lipinski definition) is 1. The Kier molecular flexibility index (Phi) is 5.38. The van der Waals surface area contributed by atoms with Gasteiger partial charge >= 0.3 is 0 Å². The van der Waals surface area contributed by atoms with Crippen LogP contribution in [0.1, 0.15) is 44.7 Å². The molecule has 0 amide bonds. The largest absolute Gasteiger partial charge is 0.384 e. The van der Waals surface area contributed by atoms with Crippen LogP contribution in [-0.4, -0.2) is 6.04 Å². The second-order valence-corrected chi connectivity index (χ2v) is 5.23. The Hall–Kier alpha value is -1.83. The smallest absolute Gasteiger partial charge is 0.123 e. The molecule has 0 bridgehead atoms. The van der Waals surface area contributed by atoms with Gasteiger partial charge in [-0.25, -0.2) is 4.39 Å². The molecule has 112 valence electrons. The molecule has 1 aliphatic heterocycles. The lowest BCUT2D eigenvalue weighted by molar-refractivity contribution is 0.624. The van der Waals surface area contributed by atoms with Crippen molar-refractivity contribution in [2.45, 2.75) is 46.1 Å². The fraction of sp³-hybridized carbons (Fsp3) is 0.368. The van der Waals surface area contributed by atoms with Crippen molar-refractivity contribution < 1.29 is 4.39 Å². The first-order valence-corrected chi connectivity index (χ1v) is 7.88. The van der Waals surface area contributed by atoms with Gasteiger partial charge in [-0.15, -0.1) is 0 Å². The quantitative estimate of drug-likeness (QED) is 0.765. The Morgan fingerprint density at radius 3 is 2.76 bits per heavy atom. The van der Waals surface area contributed by atoms with Crippen LogP contribution < -0.4 is 5.32 Å². The number of nitrogens with one attached hydrogen (secondary N) is 1. The summed E-state index contributed by atoms with van der Waals surface area (Å²) in [5, 5.41) is 3.33. The van der Waals surface area contributed by atoms with Gasteiger partial charge in [0.15, 0.2) is 0 Å². The van der Waals surface area contributed by atoms with E-state index in [0.717, 1.165) is 24.8 Å². The van der Waals surface area contributed by atoms with E-state index in [1.54, 1.807) is 12.1 Å². The Labute approximate surface area is 127 Å². The van der Waals surface area contributed by atoms with Crippen LogP contribution in [0.15, 0.2) is 48.2 Å². The van der Waals surface area contributed by atoms with Crippen molar-refractivity contribution in [3.8, 4) is 0 Å². The van der Waals surface area contributed by atoms with Gasteiger partial charge in [0.2, 0.25) is 0 Å². The third-order valence-electron chi connectivity index (χ3n) is 3.73. The van der Waals surface area contributed by atoms with E-state index in [4.69, 9.17) is 0 Å². The molecule has 2 heteroatoms. The Balaban J connectivity index is 0.000000774. The van der Waals surface area contributed by atoms with E-state index in [1.165, 1.54) is 16.7 Å². The molecule has 0 aromatic heterocycles. The van der Waals surface area contributed by atoms with Crippen LogP contribution in [0.2, 0.25) is 0 Å². The van der Waals surface area contributed by atoms with Crippen LogP contribution in [0.5, 0.6) is 0 Å². The first kappa shape index (κ1) is 15.6. The fourth-order valence-corrected chi connectivity index (χ4v) is 2.69. The van der Waals surface area contributed by atoms with E-state index in [1.807, 2.05) is 19.9 Å².